The zero-order chi connectivity index (χ0) is 18.9. The molecule has 0 aliphatic rings. The van der Waals surface area contributed by atoms with Crippen molar-refractivity contribution in [2.45, 2.75) is 12.7 Å². The van der Waals surface area contributed by atoms with Crippen LogP contribution in [0.25, 0.3) is 11.0 Å². The Balaban J connectivity index is 1.89. The molecule has 3 rings (SSSR count). The van der Waals surface area contributed by atoms with Crippen LogP contribution in [0.15, 0.2) is 55.4 Å². The molecular formula is C18H13ClF3N3O. The highest BCUT2D eigenvalue weighted by molar-refractivity contribution is 6.35. The minimum atomic E-state index is -4.37. The van der Waals surface area contributed by atoms with Gasteiger partial charge >= 0.3 is 6.18 Å². The van der Waals surface area contributed by atoms with Crippen LogP contribution in [0.5, 0.6) is 0 Å². The Morgan fingerprint density at radius 3 is 2.62 bits per heavy atom. The predicted octanol–water partition coefficient (Wildman–Crippen LogP) is 4.88. The number of hydrogen-bond donors (Lipinski definition) is 1. The van der Waals surface area contributed by atoms with Crippen molar-refractivity contribution in [1.82, 2.24) is 9.55 Å². The predicted molar refractivity (Wildman–Crippen MR) is 94.1 cm³/mol. The van der Waals surface area contributed by atoms with Gasteiger partial charge in [0.25, 0.3) is 0 Å². The number of anilines is 1. The van der Waals surface area contributed by atoms with Crippen molar-refractivity contribution < 1.29 is 18.0 Å². The summed E-state index contributed by atoms with van der Waals surface area (Å²) < 4.78 is 39.7. The van der Waals surface area contributed by atoms with E-state index in [1.54, 1.807) is 16.8 Å². The minimum absolute atomic E-state index is 0.312. The number of fused-ring (bicyclic) bond motifs is 1. The standard InChI is InChI=1S/C18H13ClF3N3O/c1-2-16(26)24-13-7-14-15(19)10-25(17(14)23-8-13)9-11-3-5-12(6-4-11)18(20,21)22/h2-8,10H,1,9H2,(H,24,26). The molecule has 0 spiro atoms. The molecular weight excluding hydrogens is 367 g/mol. The monoisotopic (exact) mass is 379 g/mol. The highest BCUT2D eigenvalue weighted by atomic mass is 35.5. The molecule has 0 unspecified atom stereocenters. The van der Waals surface area contributed by atoms with Crippen LogP contribution in [0.2, 0.25) is 5.02 Å². The second kappa shape index (κ2) is 6.84. The third-order valence-corrected chi connectivity index (χ3v) is 4.05. The molecule has 134 valence electrons. The second-order valence-electron chi connectivity index (χ2n) is 5.59. The molecule has 4 nitrogen and oxygen atoms in total. The molecule has 3 aromatic rings. The fraction of sp³-hybridized carbons (Fsp3) is 0.111. The number of halogens is 4. The van der Waals surface area contributed by atoms with Gasteiger partial charge in [-0.05, 0) is 29.8 Å². The Hall–Kier alpha value is -2.80. The Bertz CT molecular complexity index is 978. The molecule has 0 saturated carbocycles. The van der Waals surface area contributed by atoms with E-state index in [4.69, 9.17) is 11.6 Å². The lowest BCUT2D eigenvalue weighted by atomic mass is 10.1. The number of amides is 1. The Labute approximate surface area is 151 Å². The first-order valence-electron chi connectivity index (χ1n) is 7.52. The smallest absolute Gasteiger partial charge is 0.327 e. The first-order chi connectivity index (χ1) is 12.3. The van der Waals surface area contributed by atoms with Crippen LogP contribution in [0.4, 0.5) is 18.9 Å². The van der Waals surface area contributed by atoms with E-state index in [-0.39, 0.29) is 5.91 Å². The van der Waals surface area contributed by atoms with Crippen LogP contribution >= 0.6 is 11.6 Å². The number of alkyl halides is 3. The maximum Gasteiger partial charge on any atom is 0.416 e. The third-order valence-electron chi connectivity index (χ3n) is 3.75. The fourth-order valence-corrected chi connectivity index (χ4v) is 2.76. The molecule has 8 heteroatoms. The van der Waals surface area contributed by atoms with Crippen LogP contribution in [-0.2, 0) is 17.5 Å². The van der Waals surface area contributed by atoms with Crippen molar-refractivity contribution >= 4 is 34.2 Å². The molecule has 1 amide bonds. The number of nitrogens with one attached hydrogen (secondary N) is 1. The molecule has 0 saturated heterocycles. The van der Waals surface area contributed by atoms with Crippen molar-refractivity contribution in [3.05, 3.63) is 71.5 Å². The van der Waals surface area contributed by atoms with Gasteiger partial charge in [0, 0.05) is 18.1 Å². The quantitative estimate of drug-likeness (QED) is 0.657. The third kappa shape index (κ3) is 3.72. The van der Waals surface area contributed by atoms with E-state index >= 15 is 0 Å². The molecule has 1 aromatic carbocycles. The lowest BCUT2D eigenvalue weighted by Crippen LogP contribution is -2.07. The van der Waals surface area contributed by atoms with Gasteiger partial charge in [-0.2, -0.15) is 13.2 Å². The van der Waals surface area contributed by atoms with Gasteiger partial charge in [-0.15, -0.1) is 0 Å². The van der Waals surface area contributed by atoms with E-state index < -0.39 is 11.7 Å². The number of aromatic nitrogens is 2. The summed E-state index contributed by atoms with van der Waals surface area (Å²) in [7, 11) is 0. The molecule has 1 N–H and O–H groups in total. The van der Waals surface area contributed by atoms with Crippen molar-refractivity contribution in [3.8, 4) is 0 Å². The molecule has 26 heavy (non-hydrogen) atoms. The lowest BCUT2D eigenvalue weighted by molar-refractivity contribution is -0.137. The summed E-state index contributed by atoms with van der Waals surface area (Å²) in [6, 6.07) is 6.59. The number of rotatable bonds is 4. The van der Waals surface area contributed by atoms with E-state index in [1.165, 1.54) is 18.3 Å². The molecule has 0 radical (unpaired) electrons. The first-order valence-corrected chi connectivity index (χ1v) is 7.89. The first kappa shape index (κ1) is 18.0. The summed E-state index contributed by atoms with van der Waals surface area (Å²) in [4.78, 5) is 15.7. The Kier molecular flexibility index (Phi) is 4.73. The maximum atomic E-state index is 12.6. The van der Waals surface area contributed by atoms with Gasteiger partial charge in [0.1, 0.15) is 5.65 Å². The van der Waals surface area contributed by atoms with Gasteiger partial charge < -0.3 is 9.88 Å². The van der Waals surface area contributed by atoms with Crippen LogP contribution in [0, 0.1) is 0 Å². The number of benzene rings is 1. The Morgan fingerprint density at radius 1 is 1.31 bits per heavy atom. The van der Waals surface area contributed by atoms with Crippen molar-refractivity contribution in [3.63, 3.8) is 0 Å². The van der Waals surface area contributed by atoms with Gasteiger partial charge in [-0.3, -0.25) is 4.79 Å². The number of pyridine rings is 1. The van der Waals surface area contributed by atoms with Gasteiger partial charge in [0.15, 0.2) is 0 Å². The van der Waals surface area contributed by atoms with Crippen LogP contribution < -0.4 is 5.32 Å². The molecule has 0 fully saturated rings. The van der Waals surface area contributed by atoms with E-state index in [2.05, 4.69) is 16.9 Å². The largest absolute Gasteiger partial charge is 0.416 e. The maximum absolute atomic E-state index is 12.6. The van der Waals surface area contributed by atoms with E-state index in [1.807, 2.05) is 0 Å². The summed E-state index contributed by atoms with van der Waals surface area (Å²) in [5.41, 5.74) is 1.01. The van der Waals surface area contributed by atoms with Crippen LogP contribution in [0.1, 0.15) is 11.1 Å². The zero-order valence-electron chi connectivity index (χ0n) is 13.3. The average molecular weight is 380 g/mol. The topological polar surface area (TPSA) is 46.9 Å². The SMILES string of the molecule is C=CC(=O)Nc1cnc2c(c1)c(Cl)cn2Cc1ccc(C(F)(F)F)cc1. The van der Waals surface area contributed by atoms with Gasteiger partial charge in [0.05, 0.1) is 22.5 Å². The fourth-order valence-electron chi connectivity index (χ4n) is 2.51. The van der Waals surface area contributed by atoms with E-state index in [9.17, 15) is 18.0 Å². The van der Waals surface area contributed by atoms with Crippen LogP contribution in [-0.4, -0.2) is 15.5 Å². The van der Waals surface area contributed by atoms with Crippen molar-refractivity contribution in [1.29, 1.82) is 0 Å². The zero-order valence-corrected chi connectivity index (χ0v) is 14.1. The van der Waals surface area contributed by atoms with E-state index in [0.29, 0.717) is 33.9 Å². The summed E-state index contributed by atoms with van der Waals surface area (Å²) in [6.45, 7) is 3.69. The molecule has 2 heterocycles. The summed E-state index contributed by atoms with van der Waals surface area (Å²) in [5, 5.41) is 3.65. The summed E-state index contributed by atoms with van der Waals surface area (Å²) >= 11 is 6.23. The summed E-state index contributed by atoms with van der Waals surface area (Å²) in [6.07, 6.45) is -0.100. The molecule has 0 aliphatic heterocycles. The van der Waals surface area contributed by atoms with Gasteiger partial charge in [0.2, 0.25) is 5.91 Å². The number of hydrogen-bond acceptors (Lipinski definition) is 2. The highest BCUT2D eigenvalue weighted by Crippen LogP contribution is 2.30. The van der Waals surface area contributed by atoms with Crippen molar-refractivity contribution in [2.75, 3.05) is 5.32 Å². The normalized spacial score (nSPS) is 11.5. The number of carbonyl (C=O) groups is 1. The van der Waals surface area contributed by atoms with Gasteiger partial charge in [-0.25, -0.2) is 4.98 Å². The van der Waals surface area contributed by atoms with Crippen LogP contribution in [0.3, 0.4) is 0 Å². The average Bonchev–Trinajstić information content (AvgIpc) is 2.90. The second-order valence-corrected chi connectivity index (χ2v) is 6.00. The van der Waals surface area contributed by atoms with Crippen molar-refractivity contribution in [2.24, 2.45) is 0 Å². The molecule has 0 bridgehead atoms. The molecule has 0 atom stereocenters. The molecule has 0 aliphatic carbocycles. The van der Waals surface area contributed by atoms with Gasteiger partial charge in [-0.1, -0.05) is 30.3 Å². The Morgan fingerprint density at radius 2 is 2.00 bits per heavy atom. The van der Waals surface area contributed by atoms with E-state index in [0.717, 1.165) is 18.2 Å². The minimum Gasteiger partial charge on any atom is -0.327 e. The molecule has 2 aromatic heterocycles. The lowest BCUT2D eigenvalue weighted by Gasteiger charge is -2.09. The number of carbonyl (C=O) groups excluding carboxylic acids is 1. The summed E-state index contributed by atoms with van der Waals surface area (Å²) in [5.74, 6) is -0.369. The number of nitrogens with zero attached hydrogens (tertiary/aromatic N) is 2. The highest BCUT2D eigenvalue weighted by Gasteiger charge is 2.29.